The first-order valence-electron chi connectivity index (χ1n) is 14.0. The number of hydrogen-bond donors (Lipinski definition) is 0. The third-order valence-corrected chi connectivity index (χ3v) is 20.3. The van der Waals surface area contributed by atoms with Crippen molar-refractivity contribution in [3.05, 3.63) is 65.5 Å². The lowest BCUT2D eigenvalue weighted by molar-refractivity contribution is 0.701. The second-order valence-corrected chi connectivity index (χ2v) is 20.5. The highest BCUT2D eigenvalue weighted by Crippen LogP contribution is 2.23. The molecule has 0 aliphatic carbocycles. The number of aromatic nitrogens is 3. The van der Waals surface area contributed by atoms with Gasteiger partial charge in [-0.05, 0) is 36.1 Å². The van der Waals surface area contributed by atoms with Gasteiger partial charge in [-0.15, -0.1) is 0 Å². The van der Waals surface area contributed by atoms with Crippen LogP contribution in [0.25, 0.3) is 0 Å². The fourth-order valence-electron chi connectivity index (χ4n) is 6.13. The number of hydrogen-bond acceptors (Lipinski definition) is 1. The largest absolute Gasteiger partial charge is 0.358 e. The van der Waals surface area contributed by atoms with Gasteiger partial charge in [0.05, 0.1) is 12.7 Å². The molecule has 0 bridgehead atoms. The fraction of sp³-hybridized carbons (Fsp3) is 0.567. The standard InChI is InChI=1S/C17H26N2Si.C13H25NSi/c1-5-20(6-2,7-3)17-15(4)13-18-19(17)14-16-11-9-8-10-12-16;1-6-12-10-11-14(5)13(12)15(7-2,8-3)9-4/h8-13H,5-7,14H2,1-4H3;10-11H,6-9H2,1-5H3. The van der Waals surface area contributed by atoms with Crippen LogP contribution in [0.4, 0.5) is 0 Å². The summed E-state index contributed by atoms with van der Waals surface area (Å²) in [4.78, 5) is 0. The molecule has 0 unspecified atom stereocenters. The molecular formula is C30H51N3Si2. The zero-order chi connectivity index (χ0) is 26.1. The summed E-state index contributed by atoms with van der Waals surface area (Å²) in [6, 6.07) is 21.0. The summed E-state index contributed by atoms with van der Waals surface area (Å²) in [5, 5.41) is 7.94. The average molecular weight is 510 g/mol. The van der Waals surface area contributed by atoms with Crippen LogP contribution in [0.3, 0.4) is 0 Å². The molecule has 3 rings (SSSR count). The summed E-state index contributed by atoms with van der Waals surface area (Å²) in [6.07, 6.45) is 5.49. The van der Waals surface area contributed by atoms with Crippen LogP contribution >= 0.6 is 0 Å². The minimum atomic E-state index is -1.38. The monoisotopic (exact) mass is 509 g/mol. The summed E-state index contributed by atoms with van der Waals surface area (Å²) >= 11 is 0. The average Bonchev–Trinajstić information content (AvgIpc) is 3.46. The van der Waals surface area contributed by atoms with E-state index in [0.717, 1.165) is 6.54 Å². The maximum Gasteiger partial charge on any atom is 0.109 e. The van der Waals surface area contributed by atoms with E-state index in [0.29, 0.717) is 0 Å². The van der Waals surface area contributed by atoms with Gasteiger partial charge in [-0.2, -0.15) is 5.10 Å². The second kappa shape index (κ2) is 13.5. The predicted octanol–water partition coefficient (Wildman–Crippen LogP) is 7.26. The zero-order valence-corrected chi connectivity index (χ0v) is 26.1. The van der Waals surface area contributed by atoms with Crippen LogP contribution in [0.5, 0.6) is 0 Å². The predicted molar refractivity (Wildman–Crippen MR) is 161 cm³/mol. The van der Waals surface area contributed by atoms with Crippen LogP contribution in [0.1, 0.15) is 65.2 Å². The lowest BCUT2D eigenvalue weighted by atomic mass is 10.2. The van der Waals surface area contributed by atoms with Crippen LogP contribution in [0.15, 0.2) is 48.8 Å². The molecule has 2 heterocycles. The highest BCUT2D eigenvalue weighted by Gasteiger charge is 2.34. The van der Waals surface area contributed by atoms with Crippen molar-refractivity contribution in [2.75, 3.05) is 0 Å². The Bertz CT molecular complexity index is 995. The Labute approximate surface area is 218 Å². The van der Waals surface area contributed by atoms with E-state index in [2.05, 4.69) is 126 Å². The molecule has 0 spiro atoms. The molecule has 3 nitrogen and oxygen atoms in total. The van der Waals surface area contributed by atoms with Crippen LogP contribution in [-0.2, 0) is 20.0 Å². The van der Waals surface area contributed by atoms with Crippen molar-refractivity contribution in [1.29, 1.82) is 0 Å². The number of rotatable bonds is 11. The Morgan fingerprint density at radius 1 is 0.714 bits per heavy atom. The number of aryl methyl sites for hydroxylation is 3. The Balaban J connectivity index is 0.000000258. The molecule has 0 N–H and O–H groups in total. The first kappa shape index (κ1) is 29.4. The molecule has 0 aliphatic heterocycles. The van der Waals surface area contributed by atoms with E-state index in [4.69, 9.17) is 0 Å². The summed E-state index contributed by atoms with van der Waals surface area (Å²) < 4.78 is 4.66. The number of benzene rings is 1. The molecular weight excluding hydrogens is 459 g/mol. The van der Waals surface area contributed by atoms with Gasteiger partial charge in [0.2, 0.25) is 0 Å². The molecule has 0 aliphatic rings. The van der Waals surface area contributed by atoms with E-state index < -0.39 is 16.1 Å². The van der Waals surface area contributed by atoms with Gasteiger partial charge in [0.15, 0.2) is 0 Å². The lowest BCUT2D eigenvalue weighted by Crippen LogP contribution is -2.51. The van der Waals surface area contributed by atoms with Gasteiger partial charge in [-0.1, -0.05) is 115 Å². The van der Waals surface area contributed by atoms with E-state index >= 15 is 0 Å². The summed E-state index contributed by atoms with van der Waals surface area (Å²) in [5.41, 5.74) is 4.32. The quantitative estimate of drug-likeness (QED) is 0.249. The molecule has 2 aromatic heterocycles. The van der Waals surface area contributed by atoms with E-state index in [1.165, 1.54) is 53.8 Å². The third-order valence-electron chi connectivity index (χ3n) is 8.80. The van der Waals surface area contributed by atoms with E-state index in [-0.39, 0.29) is 0 Å². The van der Waals surface area contributed by atoms with Crippen LogP contribution in [-0.4, -0.2) is 30.5 Å². The maximum atomic E-state index is 4.67. The van der Waals surface area contributed by atoms with E-state index in [1.807, 2.05) is 0 Å². The van der Waals surface area contributed by atoms with Gasteiger partial charge in [0.1, 0.15) is 16.1 Å². The minimum Gasteiger partial charge on any atom is -0.358 e. The van der Waals surface area contributed by atoms with Crippen LogP contribution in [0, 0.1) is 6.92 Å². The molecule has 1 aromatic carbocycles. The van der Waals surface area contributed by atoms with Gasteiger partial charge in [0, 0.05) is 23.9 Å². The highest BCUT2D eigenvalue weighted by atomic mass is 28.3. The third kappa shape index (κ3) is 6.29. The molecule has 0 saturated heterocycles. The minimum absolute atomic E-state index is 0.902. The molecule has 0 amide bonds. The molecule has 0 fully saturated rings. The number of nitrogens with zero attached hydrogens (tertiary/aromatic N) is 3. The van der Waals surface area contributed by atoms with Crippen LogP contribution < -0.4 is 10.6 Å². The van der Waals surface area contributed by atoms with Gasteiger partial charge in [-0.25, -0.2) is 0 Å². The Kier molecular flexibility index (Phi) is 11.3. The van der Waals surface area contributed by atoms with Crippen molar-refractivity contribution < 1.29 is 0 Å². The molecule has 0 radical (unpaired) electrons. The first-order chi connectivity index (χ1) is 16.8. The van der Waals surface area contributed by atoms with Gasteiger partial charge < -0.3 is 4.57 Å². The van der Waals surface area contributed by atoms with Gasteiger partial charge in [0.25, 0.3) is 0 Å². The lowest BCUT2D eigenvalue weighted by Gasteiger charge is -2.30. The topological polar surface area (TPSA) is 22.8 Å². The van der Waals surface area contributed by atoms with E-state index in [1.54, 1.807) is 16.2 Å². The fourth-order valence-corrected chi connectivity index (χ4v) is 14.5. The van der Waals surface area contributed by atoms with Crippen molar-refractivity contribution in [3.8, 4) is 0 Å². The Morgan fingerprint density at radius 2 is 1.23 bits per heavy atom. The van der Waals surface area contributed by atoms with Crippen molar-refractivity contribution in [1.82, 2.24) is 14.3 Å². The van der Waals surface area contributed by atoms with Crippen molar-refractivity contribution in [2.45, 2.75) is 105 Å². The first-order valence-corrected chi connectivity index (χ1v) is 19.3. The molecule has 194 valence electrons. The maximum absolute atomic E-state index is 4.67. The zero-order valence-electron chi connectivity index (χ0n) is 24.1. The smallest absolute Gasteiger partial charge is 0.109 e. The van der Waals surface area contributed by atoms with E-state index in [9.17, 15) is 0 Å². The van der Waals surface area contributed by atoms with Gasteiger partial charge >= 0.3 is 0 Å². The Morgan fingerprint density at radius 3 is 1.71 bits per heavy atom. The van der Waals surface area contributed by atoms with Crippen LogP contribution in [0.2, 0.25) is 36.3 Å². The normalized spacial score (nSPS) is 11.9. The molecule has 3 aromatic rings. The molecule has 0 atom stereocenters. The summed E-state index contributed by atoms with van der Waals surface area (Å²) in [6.45, 7) is 19.6. The molecule has 0 saturated carbocycles. The van der Waals surface area contributed by atoms with Gasteiger partial charge in [-0.3, -0.25) is 4.68 Å². The Hall–Kier alpha value is -1.86. The van der Waals surface area contributed by atoms with Crippen molar-refractivity contribution in [3.63, 3.8) is 0 Å². The summed E-state index contributed by atoms with van der Waals surface area (Å²) in [5.74, 6) is 0. The highest BCUT2D eigenvalue weighted by molar-refractivity contribution is 6.92. The molecule has 35 heavy (non-hydrogen) atoms. The SMILES string of the molecule is CC[Si](CC)(CC)c1c(C)cnn1Cc1ccccc1.CCc1ccn(C)c1[Si](CC)(CC)CC. The molecule has 5 heteroatoms. The summed E-state index contributed by atoms with van der Waals surface area (Å²) in [7, 11) is -0.353. The van der Waals surface area contributed by atoms with Crippen molar-refractivity contribution in [2.24, 2.45) is 7.05 Å². The van der Waals surface area contributed by atoms with Crippen molar-refractivity contribution >= 4 is 26.8 Å². The second-order valence-electron chi connectivity index (χ2n) is 10.2.